The molecule has 0 aliphatic rings. The third kappa shape index (κ3) is 1.90. The van der Waals surface area contributed by atoms with Gasteiger partial charge < -0.3 is 5.73 Å². The van der Waals surface area contributed by atoms with Gasteiger partial charge in [-0.15, -0.1) is 0 Å². The Kier molecular flexibility index (Phi) is 2.83. The maximum absolute atomic E-state index is 10.7. The highest BCUT2D eigenvalue weighted by Gasteiger charge is 2.16. The molecule has 7 heteroatoms. The Morgan fingerprint density at radius 3 is 2.48 bits per heavy atom. The van der Waals surface area contributed by atoms with E-state index in [1.165, 1.54) is 18.5 Å². The minimum atomic E-state index is -0.421. The van der Waals surface area contributed by atoms with Crippen LogP contribution in [0.2, 0.25) is 0 Å². The van der Waals surface area contributed by atoms with Gasteiger partial charge in [-0.2, -0.15) is 0 Å². The Bertz CT molecular complexity index is 852. The average Bonchev–Trinajstić information content (AvgIpc) is 2.72. The molecule has 0 atom stereocenters. The summed E-state index contributed by atoms with van der Waals surface area (Å²) in [6, 6.07) is 6.34. The Balaban J connectivity index is 2.27. The van der Waals surface area contributed by atoms with Gasteiger partial charge in [0, 0.05) is 23.5 Å². The molecule has 0 saturated carbocycles. The molecule has 0 fully saturated rings. The Morgan fingerprint density at radius 2 is 1.86 bits per heavy atom. The molecule has 0 aliphatic carbocycles. The van der Waals surface area contributed by atoms with Crippen molar-refractivity contribution in [2.75, 3.05) is 5.73 Å². The summed E-state index contributed by atoms with van der Waals surface area (Å²) < 4.78 is 1.92. The van der Waals surface area contributed by atoms with Gasteiger partial charge in [0.25, 0.3) is 5.69 Å². The second kappa shape index (κ2) is 4.55. The predicted molar refractivity (Wildman–Crippen MR) is 79.4 cm³/mol. The van der Waals surface area contributed by atoms with Gasteiger partial charge in [0.15, 0.2) is 5.65 Å². The second-order valence-electron chi connectivity index (χ2n) is 4.78. The van der Waals surface area contributed by atoms with Gasteiger partial charge >= 0.3 is 0 Å². The number of non-ortho nitro benzene ring substituents is 1. The molecular formula is C14H13N5O2. The molecule has 1 aromatic carbocycles. The van der Waals surface area contributed by atoms with Crippen LogP contribution in [0.15, 0.2) is 30.6 Å². The number of nitrogens with zero attached hydrogens (tertiary/aromatic N) is 4. The molecule has 0 amide bonds. The van der Waals surface area contributed by atoms with Crippen molar-refractivity contribution in [3.8, 4) is 5.69 Å². The number of anilines is 1. The summed E-state index contributed by atoms with van der Waals surface area (Å²) in [7, 11) is 0. The number of rotatable bonds is 2. The molecule has 0 aliphatic heterocycles. The van der Waals surface area contributed by atoms with Gasteiger partial charge in [0.2, 0.25) is 0 Å². The van der Waals surface area contributed by atoms with Gasteiger partial charge in [-0.3, -0.25) is 14.7 Å². The SMILES string of the molecule is Cc1c(C)n(-c2ccc([N+](=O)[O-])cc2)c2ncnc(N)c12. The second-order valence-corrected chi connectivity index (χ2v) is 4.78. The number of nitrogen functional groups attached to an aromatic ring is 1. The van der Waals surface area contributed by atoms with Crippen LogP contribution in [0, 0.1) is 24.0 Å². The first-order valence-electron chi connectivity index (χ1n) is 6.33. The summed E-state index contributed by atoms with van der Waals surface area (Å²) in [5.41, 5.74) is 9.46. The lowest BCUT2D eigenvalue weighted by molar-refractivity contribution is -0.384. The van der Waals surface area contributed by atoms with Crippen molar-refractivity contribution < 1.29 is 4.92 Å². The number of aromatic nitrogens is 3. The number of benzene rings is 1. The highest BCUT2D eigenvalue weighted by Crippen LogP contribution is 2.30. The first kappa shape index (κ1) is 13.0. The zero-order chi connectivity index (χ0) is 15.1. The zero-order valence-electron chi connectivity index (χ0n) is 11.6. The van der Waals surface area contributed by atoms with E-state index in [0.29, 0.717) is 11.5 Å². The monoisotopic (exact) mass is 283 g/mol. The van der Waals surface area contributed by atoms with E-state index in [1.54, 1.807) is 12.1 Å². The van der Waals surface area contributed by atoms with Crippen LogP contribution in [0.25, 0.3) is 16.7 Å². The van der Waals surface area contributed by atoms with Crippen molar-refractivity contribution in [3.63, 3.8) is 0 Å². The molecule has 0 radical (unpaired) electrons. The standard InChI is InChI=1S/C14H13N5O2/c1-8-9(2)18(14-12(8)13(15)16-7-17-14)10-3-5-11(6-4-10)19(20)21/h3-7H,1-2H3,(H2,15,16,17). The molecule has 7 nitrogen and oxygen atoms in total. The molecule has 0 saturated heterocycles. The van der Waals surface area contributed by atoms with E-state index in [0.717, 1.165) is 22.3 Å². The van der Waals surface area contributed by atoms with E-state index < -0.39 is 4.92 Å². The van der Waals surface area contributed by atoms with E-state index in [4.69, 9.17) is 5.73 Å². The van der Waals surface area contributed by atoms with Gasteiger partial charge in [0.1, 0.15) is 12.1 Å². The van der Waals surface area contributed by atoms with E-state index in [-0.39, 0.29) is 5.69 Å². The van der Waals surface area contributed by atoms with Gasteiger partial charge in [-0.1, -0.05) is 0 Å². The summed E-state index contributed by atoms with van der Waals surface area (Å²) in [5, 5.41) is 11.6. The average molecular weight is 283 g/mol. The quantitative estimate of drug-likeness (QED) is 0.575. The van der Waals surface area contributed by atoms with Crippen molar-refractivity contribution in [2.45, 2.75) is 13.8 Å². The smallest absolute Gasteiger partial charge is 0.269 e. The van der Waals surface area contributed by atoms with Crippen LogP contribution in [0.3, 0.4) is 0 Å². The third-order valence-electron chi connectivity index (χ3n) is 3.64. The summed E-state index contributed by atoms with van der Waals surface area (Å²) in [4.78, 5) is 18.6. The lowest BCUT2D eigenvalue weighted by Gasteiger charge is -2.07. The first-order chi connectivity index (χ1) is 10.0. The van der Waals surface area contributed by atoms with Crippen molar-refractivity contribution in [1.29, 1.82) is 0 Å². The molecule has 2 aromatic heterocycles. The van der Waals surface area contributed by atoms with Crippen LogP contribution in [-0.4, -0.2) is 19.5 Å². The fraction of sp³-hybridized carbons (Fsp3) is 0.143. The molecule has 2 heterocycles. The van der Waals surface area contributed by atoms with Crippen LogP contribution in [0.5, 0.6) is 0 Å². The number of nitro benzene ring substituents is 1. The number of hydrogen-bond acceptors (Lipinski definition) is 5. The Hall–Kier alpha value is -2.96. The molecule has 3 rings (SSSR count). The van der Waals surface area contributed by atoms with Gasteiger partial charge in [0.05, 0.1) is 10.3 Å². The number of hydrogen-bond donors (Lipinski definition) is 1. The molecule has 0 bridgehead atoms. The highest BCUT2D eigenvalue weighted by molar-refractivity contribution is 5.92. The maximum atomic E-state index is 10.7. The number of aryl methyl sites for hydroxylation is 1. The maximum Gasteiger partial charge on any atom is 0.269 e. The largest absolute Gasteiger partial charge is 0.383 e. The molecule has 106 valence electrons. The minimum absolute atomic E-state index is 0.0544. The lowest BCUT2D eigenvalue weighted by Crippen LogP contribution is -1.99. The third-order valence-corrected chi connectivity index (χ3v) is 3.64. The summed E-state index contributed by atoms with van der Waals surface area (Å²) in [6.45, 7) is 3.91. The van der Waals surface area contributed by atoms with Gasteiger partial charge in [-0.25, -0.2) is 9.97 Å². The van der Waals surface area contributed by atoms with Crippen molar-refractivity contribution in [2.24, 2.45) is 0 Å². The predicted octanol–water partition coefficient (Wildman–Crippen LogP) is 2.53. The van der Waals surface area contributed by atoms with Crippen molar-refractivity contribution >= 4 is 22.5 Å². The molecular weight excluding hydrogens is 270 g/mol. The summed E-state index contributed by atoms with van der Waals surface area (Å²) >= 11 is 0. The van der Waals surface area contributed by atoms with Crippen molar-refractivity contribution in [1.82, 2.24) is 14.5 Å². The molecule has 3 aromatic rings. The zero-order valence-corrected chi connectivity index (χ0v) is 11.6. The van der Waals surface area contributed by atoms with E-state index in [2.05, 4.69) is 9.97 Å². The van der Waals surface area contributed by atoms with Gasteiger partial charge in [-0.05, 0) is 31.5 Å². The van der Waals surface area contributed by atoms with E-state index >= 15 is 0 Å². The van der Waals surface area contributed by atoms with Crippen LogP contribution < -0.4 is 5.73 Å². The van der Waals surface area contributed by atoms with Crippen molar-refractivity contribution in [3.05, 3.63) is 52.0 Å². The normalized spacial score (nSPS) is 11.0. The van der Waals surface area contributed by atoms with Crippen LogP contribution in [-0.2, 0) is 0 Å². The van der Waals surface area contributed by atoms with E-state index in [9.17, 15) is 10.1 Å². The summed E-state index contributed by atoms with van der Waals surface area (Å²) in [6.07, 6.45) is 1.42. The Labute approximate surface area is 120 Å². The van der Waals surface area contributed by atoms with E-state index in [1.807, 2.05) is 18.4 Å². The molecule has 2 N–H and O–H groups in total. The topological polar surface area (TPSA) is 99.9 Å². The fourth-order valence-corrected chi connectivity index (χ4v) is 2.47. The first-order valence-corrected chi connectivity index (χ1v) is 6.33. The fourth-order valence-electron chi connectivity index (χ4n) is 2.47. The number of fused-ring (bicyclic) bond motifs is 1. The van der Waals surface area contributed by atoms with Crippen LogP contribution in [0.1, 0.15) is 11.3 Å². The number of nitro groups is 1. The molecule has 0 spiro atoms. The number of nitrogens with two attached hydrogens (primary N) is 1. The highest BCUT2D eigenvalue weighted by atomic mass is 16.6. The molecule has 0 unspecified atom stereocenters. The van der Waals surface area contributed by atoms with Crippen LogP contribution in [0.4, 0.5) is 11.5 Å². The minimum Gasteiger partial charge on any atom is -0.383 e. The van der Waals surface area contributed by atoms with Crippen LogP contribution >= 0.6 is 0 Å². The lowest BCUT2D eigenvalue weighted by atomic mass is 10.2. The Morgan fingerprint density at radius 1 is 1.19 bits per heavy atom. The summed E-state index contributed by atoms with van der Waals surface area (Å²) in [5.74, 6) is 0.432. The molecule has 21 heavy (non-hydrogen) atoms.